The summed E-state index contributed by atoms with van der Waals surface area (Å²) in [7, 11) is -0.220. The van der Waals surface area contributed by atoms with E-state index in [4.69, 9.17) is 4.74 Å². The lowest BCUT2D eigenvalue weighted by molar-refractivity contribution is 0.102. The van der Waals surface area contributed by atoms with Crippen molar-refractivity contribution >= 4 is 21.6 Å². The topological polar surface area (TPSA) is 79.0 Å². The summed E-state index contributed by atoms with van der Waals surface area (Å²) < 4.78 is 32.9. The summed E-state index contributed by atoms with van der Waals surface area (Å²) in [6.45, 7) is 4.97. The number of nitrogens with zero attached hydrogens (tertiary/aromatic N) is 2. The highest BCUT2D eigenvalue weighted by Gasteiger charge is 2.27. The van der Waals surface area contributed by atoms with E-state index in [1.54, 1.807) is 19.9 Å². The van der Waals surface area contributed by atoms with E-state index in [1.165, 1.54) is 55.7 Å². The van der Waals surface area contributed by atoms with Crippen LogP contribution in [0.1, 0.15) is 61.9 Å². The predicted molar refractivity (Wildman–Crippen MR) is 136 cm³/mol. The van der Waals surface area contributed by atoms with Crippen LogP contribution in [0.25, 0.3) is 0 Å². The third-order valence-corrected chi connectivity index (χ3v) is 8.70. The van der Waals surface area contributed by atoms with Crippen LogP contribution >= 0.6 is 0 Å². The van der Waals surface area contributed by atoms with Crippen LogP contribution < -0.4 is 10.1 Å². The number of sulfonamides is 1. The lowest BCUT2D eigenvalue weighted by Gasteiger charge is -2.31. The molecule has 0 saturated heterocycles. The first-order chi connectivity index (χ1) is 16.3. The maximum atomic E-state index is 13.2. The van der Waals surface area contributed by atoms with Crippen molar-refractivity contribution in [3.05, 3.63) is 53.6 Å². The number of amides is 1. The highest BCUT2D eigenvalue weighted by atomic mass is 32.2. The van der Waals surface area contributed by atoms with Crippen LogP contribution in [-0.4, -0.2) is 56.8 Å². The van der Waals surface area contributed by atoms with Crippen molar-refractivity contribution in [3.8, 4) is 5.75 Å². The molecule has 186 valence electrons. The third-order valence-electron chi connectivity index (χ3n) is 6.63. The number of ether oxygens (including phenoxy) is 1. The first-order valence-corrected chi connectivity index (χ1v) is 13.5. The summed E-state index contributed by atoms with van der Waals surface area (Å²) in [6.07, 6.45) is 6.26. The highest BCUT2D eigenvalue weighted by Crippen LogP contribution is 2.29. The minimum atomic E-state index is -3.79. The number of benzene rings is 2. The Hall–Kier alpha value is -2.42. The van der Waals surface area contributed by atoms with Crippen LogP contribution in [0.15, 0.2) is 47.4 Å². The van der Waals surface area contributed by atoms with Crippen molar-refractivity contribution in [3.63, 3.8) is 0 Å². The minimum absolute atomic E-state index is 0.00309. The van der Waals surface area contributed by atoms with Crippen LogP contribution in [0.5, 0.6) is 5.75 Å². The summed E-state index contributed by atoms with van der Waals surface area (Å²) in [5.74, 6) is -0.135. The second kappa shape index (κ2) is 11.8. The van der Waals surface area contributed by atoms with Crippen molar-refractivity contribution in [1.29, 1.82) is 0 Å². The normalized spacial score (nSPS) is 15.0. The molecule has 7 nitrogen and oxygen atoms in total. The summed E-state index contributed by atoms with van der Waals surface area (Å²) in [5, 5.41) is 2.99. The van der Waals surface area contributed by atoms with Crippen molar-refractivity contribution in [2.45, 2.75) is 63.4 Å². The zero-order valence-electron chi connectivity index (χ0n) is 20.7. The molecule has 0 aliphatic heterocycles. The van der Waals surface area contributed by atoms with Crippen LogP contribution in [0.2, 0.25) is 0 Å². The molecule has 1 aliphatic carbocycles. The summed E-state index contributed by atoms with van der Waals surface area (Å²) in [6, 6.07) is 12.9. The maximum Gasteiger partial charge on any atom is 0.255 e. The summed E-state index contributed by atoms with van der Waals surface area (Å²) in [4.78, 5) is 15.5. The van der Waals surface area contributed by atoms with Gasteiger partial charge in [0.2, 0.25) is 10.0 Å². The Morgan fingerprint density at radius 2 is 1.74 bits per heavy atom. The van der Waals surface area contributed by atoms with Gasteiger partial charge in [-0.05, 0) is 49.7 Å². The Morgan fingerprint density at radius 3 is 2.38 bits per heavy atom. The number of carbonyl (C=O) groups excluding carboxylic acids is 1. The van der Waals surface area contributed by atoms with E-state index in [0.29, 0.717) is 19.1 Å². The zero-order valence-corrected chi connectivity index (χ0v) is 21.5. The number of hydrogen-bond acceptors (Lipinski definition) is 5. The van der Waals surface area contributed by atoms with Gasteiger partial charge in [-0.15, -0.1) is 0 Å². The molecule has 2 aromatic rings. The number of carbonyl (C=O) groups is 1. The van der Waals surface area contributed by atoms with Crippen LogP contribution in [0, 0.1) is 0 Å². The molecule has 0 heterocycles. The van der Waals surface area contributed by atoms with Gasteiger partial charge in [0.1, 0.15) is 10.6 Å². The summed E-state index contributed by atoms with van der Waals surface area (Å²) >= 11 is 0. The van der Waals surface area contributed by atoms with Crippen molar-refractivity contribution in [1.82, 2.24) is 9.21 Å². The lowest BCUT2D eigenvalue weighted by Crippen LogP contribution is -2.33. The standard InChI is InChI=1S/C26H37N3O4S/c1-5-29(6-2)34(31,32)25-18-20(16-17-24(25)33-4)26(30)27-23-15-11-10-12-21(23)19-28(3)22-13-8-7-9-14-22/h10-12,15-18,22H,5-9,13-14,19H2,1-4H3,(H,27,30). The number of nitrogens with one attached hydrogen (secondary N) is 1. The molecule has 1 amide bonds. The molecule has 1 aliphatic rings. The smallest absolute Gasteiger partial charge is 0.255 e. The second-order valence-electron chi connectivity index (χ2n) is 8.77. The molecule has 2 aromatic carbocycles. The van der Waals surface area contributed by atoms with E-state index in [9.17, 15) is 13.2 Å². The molecule has 1 saturated carbocycles. The van der Waals surface area contributed by atoms with E-state index in [2.05, 4.69) is 17.3 Å². The second-order valence-corrected chi connectivity index (χ2v) is 10.7. The fourth-order valence-electron chi connectivity index (χ4n) is 4.62. The largest absolute Gasteiger partial charge is 0.495 e. The number of anilines is 1. The molecule has 1 fully saturated rings. The Morgan fingerprint density at radius 1 is 1.06 bits per heavy atom. The van der Waals surface area contributed by atoms with Gasteiger partial charge < -0.3 is 10.1 Å². The first kappa shape index (κ1) is 26.2. The number of para-hydroxylation sites is 1. The molecule has 0 spiro atoms. The Balaban J connectivity index is 1.84. The molecular formula is C26H37N3O4S. The minimum Gasteiger partial charge on any atom is -0.495 e. The molecule has 0 unspecified atom stereocenters. The zero-order chi connectivity index (χ0) is 24.7. The van der Waals surface area contributed by atoms with Gasteiger partial charge in [-0.2, -0.15) is 4.31 Å². The number of hydrogen-bond donors (Lipinski definition) is 1. The van der Waals surface area contributed by atoms with Gasteiger partial charge in [0.15, 0.2) is 0 Å². The molecule has 34 heavy (non-hydrogen) atoms. The Labute approximate surface area is 204 Å². The van der Waals surface area contributed by atoms with Crippen molar-refractivity contribution in [2.24, 2.45) is 0 Å². The van der Waals surface area contributed by atoms with Crippen LogP contribution in [-0.2, 0) is 16.6 Å². The molecular weight excluding hydrogens is 450 g/mol. The molecule has 0 atom stereocenters. The van der Waals surface area contributed by atoms with E-state index in [-0.39, 0.29) is 22.1 Å². The van der Waals surface area contributed by atoms with Crippen LogP contribution in [0.3, 0.4) is 0 Å². The fraction of sp³-hybridized carbons (Fsp3) is 0.500. The van der Waals surface area contributed by atoms with Gasteiger partial charge in [-0.25, -0.2) is 8.42 Å². The lowest BCUT2D eigenvalue weighted by atomic mass is 9.94. The Bertz CT molecular complexity index is 1080. The van der Waals surface area contributed by atoms with Crippen molar-refractivity contribution < 1.29 is 17.9 Å². The molecule has 3 rings (SSSR count). The molecule has 0 bridgehead atoms. The monoisotopic (exact) mass is 487 g/mol. The van der Waals surface area contributed by atoms with E-state index >= 15 is 0 Å². The van der Waals surface area contributed by atoms with Crippen molar-refractivity contribution in [2.75, 3.05) is 32.6 Å². The van der Waals surface area contributed by atoms with Gasteiger partial charge >= 0.3 is 0 Å². The molecule has 8 heteroatoms. The van der Waals surface area contributed by atoms with E-state index in [1.807, 2.05) is 24.3 Å². The third kappa shape index (κ3) is 5.98. The first-order valence-electron chi connectivity index (χ1n) is 12.1. The Kier molecular flexibility index (Phi) is 9.10. The van der Waals surface area contributed by atoms with Gasteiger partial charge in [-0.3, -0.25) is 9.69 Å². The molecule has 0 radical (unpaired) electrons. The SMILES string of the molecule is CCN(CC)S(=O)(=O)c1cc(C(=O)Nc2ccccc2CN(C)C2CCCCC2)ccc1OC. The fourth-order valence-corrected chi connectivity index (χ4v) is 6.26. The maximum absolute atomic E-state index is 13.2. The number of rotatable bonds is 10. The average Bonchev–Trinajstić information content (AvgIpc) is 2.85. The van der Waals surface area contributed by atoms with Crippen LogP contribution in [0.4, 0.5) is 5.69 Å². The predicted octanol–water partition coefficient (Wildman–Crippen LogP) is 4.74. The van der Waals surface area contributed by atoms with E-state index < -0.39 is 10.0 Å². The van der Waals surface area contributed by atoms with Gasteiger partial charge in [0.05, 0.1) is 7.11 Å². The van der Waals surface area contributed by atoms with Gasteiger partial charge in [0.25, 0.3) is 5.91 Å². The molecule has 1 N–H and O–H groups in total. The molecule has 0 aromatic heterocycles. The number of methoxy groups -OCH3 is 1. The average molecular weight is 488 g/mol. The van der Waals surface area contributed by atoms with Gasteiger partial charge in [-0.1, -0.05) is 51.3 Å². The summed E-state index contributed by atoms with van der Waals surface area (Å²) in [5.41, 5.74) is 2.04. The van der Waals surface area contributed by atoms with Gasteiger partial charge in [0, 0.05) is 36.9 Å². The highest BCUT2D eigenvalue weighted by molar-refractivity contribution is 7.89. The quantitative estimate of drug-likeness (QED) is 0.524. The van der Waals surface area contributed by atoms with E-state index in [0.717, 1.165) is 17.8 Å².